The molecular formula is C19H23NO2. The van der Waals surface area contributed by atoms with Crippen LogP contribution in [0, 0.1) is 0 Å². The Morgan fingerprint density at radius 1 is 1.05 bits per heavy atom. The molecule has 1 aliphatic heterocycles. The van der Waals surface area contributed by atoms with E-state index >= 15 is 0 Å². The van der Waals surface area contributed by atoms with E-state index in [9.17, 15) is 0 Å². The predicted octanol–water partition coefficient (Wildman–Crippen LogP) is 3.52. The Labute approximate surface area is 132 Å². The Kier molecular flexibility index (Phi) is 4.64. The van der Waals surface area contributed by atoms with Gasteiger partial charge in [0.2, 0.25) is 0 Å². The summed E-state index contributed by atoms with van der Waals surface area (Å²) in [5.41, 5.74) is 4.05. The summed E-state index contributed by atoms with van der Waals surface area (Å²) in [7, 11) is 3.39. The average molecular weight is 297 g/mol. The summed E-state index contributed by atoms with van der Waals surface area (Å²) in [6, 6.07) is 15.2. The first-order valence-electron chi connectivity index (χ1n) is 7.84. The SMILES string of the molecule is COc1cc2c(cc1OC)C(Cc1ccccc1)NCCC2. The van der Waals surface area contributed by atoms with Crippen molar-refractivity contribution in [1.82, 2.24) is 5.32 Å². The van der Waals surface area contributed by atoms with E-state index in [-0.39, 0.29) is 0 Å². The maximum Gasteiger partial charge on any atom is 0.161 e. The molecule has 3 heteroatoms. The lowest BCUT2D eigenvalue weighted by atomic mass is 9.93. The molecule has 1 unspecified atom stereocenters. The van der Waals surface area contributed by atoms with E-state index in [2.05, 4.69) is 47.8 Å². The third-order valence-corrected chi connectivity index (χ3v) is 4.32. The van der Waals surface area contributed by atoms with E-state index in [1.807, 2.05) is 0 Å². The molecule has 1 heterocycles. The summed E-state index contributed by atoms with van der Waals surface area (Å²) < 4.78 is 10.9. The van der Waals surface area contributed by atoms with Gasteiger partial charge in [0.25, 0.3) is 0 Å². The molecule has 22 heavy (non-hydrogen) atoms. The van der Waals surface area contributed by atoms with Crippen molar-refractivity contribution in [2.24, 2.45) is 0 Å². The van der Waals surface area contributed by atoms with Gasteiger partial charge >= 0.3 is 0 Å². The first-order chi connectivity index (χ1) is 10.8. The molecule has 0 fully saturated rings. The van der Waals surface area contributed by atoms with E-state index in [4.69, 9.17) is 9.47 Å². The maximum absolute atomic E-state index is 5.49. The zero-order valence-electron chi connectivity index (χ0n) is 13.3. The van der Waals surface area contributed by atoms with Crippen LogP contribution in [0.2, 0.25) is 0 Å². The maximum atomic E-state index is 5.49. The number of benzene rings is 2. The van der Waals surface area contributed by atoms with Crippen molar-refractivity contribution in [3.8, 4) is 11.5 Å². The van der Waals surface area contributed by atoms with Crippen LogP contribution in [0.3, 0.4) is 0 Å². The summed E-state index contributed by atoms with van der Waals surface area (Å²) in [5.74, 6) is 1.63. The normalized spacial score (nSPS) is 17.5. The van der Waals surface area contributed by atoms with E-state index in [1.54, 1.807) is 14.2 Å². The van der Waals surface area contributed by atoms with E-state index < -0.39 is 0 Å². The van der Waals surface area contributed by atoms with Gasteiger partial charge in [-0.2, -0.15) is 0 Å². The largest absolute Gasteiger partial charge is 0.493 e. The molecule has 2 aromatic carbocycles. The number of ether oxygens (including phenoxy) is 2. The molecule has 0 bridgehead atoms. The lowest BCUT2D eigenvalue weighted by Crippen LogP contribution is -2.23. The number of rotatable bonds is 4. The van der Waals surface area contributed by atoms with Crippen molar-refractivity contribution in [2.45, 2.75) is 25.3 Å². The van der Waals surface area contributed by atoms with Gasteiger partial charge in [0.05, 0.1) is 14.2 Å². The number of aryl methyl sites for hydroxylation is 1. The standard InChI is InChI=1S/C19H23NO2/c1-21-18-12-15-9-6-10-20-17(16(15)13-19(18)22-2)11-14-7-4-3-5-8-14/h3-5,7-8,12-13,17,20H,6,9-11H2,1-2H3. The topological polar surface area (TPSA) is 30.5 Å². The highest BCUT2D eigenvalue weighted by Gasteiger charge is 2.21. The van der Waals surface area contributed by atoms with Gasteiger partial charge in [0.15, 0.2) is 11.5 Å². The average Bonchev–Trinajstić information content (AvgIpc) is 2.76. The number of methoxy groups -OCH3 is 2. The van der Waals surface area contributed by atoms with Crippen molar-refractivity contribution in [1.29, 1.82) is 0 Å². The molecule has 0 aliphatic carbocycles. The molecule has 0 saturated carbocycles. The Hall–Kier alpha value is -2.00. The van der Waals surface area contributed by atoms with Crippen molar-refractivity contribution < 1.29 is 9.47 Å². The van der Waals surface area contributed by atoms with Crippen molar-refractivity contribution >= 4 is 0 Å². The molecule has 2 aromatic rings. The number of fused-ring (bicyclic) bond motifs is 1. The molecule has 1 aliphatic rings. The van der Waals surface area contributed by atoms with Gasteiger partial charge in [0, 0.05) is 6.04 Å². The zero-order chi connectivity index (χ0) is 15.4. The van der Waals surface area contributed by atoms with Gasteiger partial charge in [-0.1, -0.05) is 30.3 Å². The molecule has 0 spiro atoms. The van der Waals surface area contributed by atoms with Crippen LogP contribution in [0.15, 0.2) is 42.5 Å². The van der Waals surface area contributed by atoms with Crippen molar-refractivity contribution in [3.63, 3.8) is 0 Å². The number of hydrogen-bond acceptors (Lipinski definition) is 3. The number of nitrogens with one attached hydrogen (secondary N) is 1. The minimum absolute atomic E-state index is 0.319. The Morgan fingerprint density at radius 3 is 2.50 bits per heavy atom. The Morgan fingerprint density at radius 2 is 1.77 bits per heavy atom. The molecule has 1 N–H and O–H groups in total. The van der Waals surface area contributed by atoms with E-state index in [0.29, 0.717) is 6.04 Å². The molecule has 0 saturated heterocycles. The first-order valence-corrected chi connectivity index (χ1v) is 7.84. The highest BCUT2D eigenvalue weighted by Crippen LogP contribution is 2.35. The van der Waals surface area contributed by atoms with Crippen LogP contribution in [-0.2, 0) is 12.8 Å². The van der Waals surface area contributed by atoms with Crippen LogP contribution < -0.4 is 14.8 Å². The first kappa shape index (κ1) is 14.9. The molecule has 1 atom stereocenters. The van der Waals surface area contributed by atoms with Gasteiger partial charge < -0.3 is 14.8 Å². The Bertz CT molecular complexity index is 625. The fourth-order valence-corrected chi connectivity index (χ4v) is 3.17. The number of hydrogen-bond donors (Lipinski definition) is 1. The summed E-state index contributed by atoms with van der Waals surface area (Å²) in [5, 5.41) is 3.68. The van der Waals surface area contributed by atoms with Gasteiger partial charge in [-0.05, 0) is 54.6 Å². The van der Waals surface area contributed by atoms with Crippen LogP contribution in [-0.4, -0.2) is 20.8 Å². The summed E-state index contributed by atoms with van der Waals surface area (Å²) >= 11 is 0. The second-order valence-electron chi connectivity index (χ2n) is 5.71. The van der Waals surface area contributed by atoms with Crippen LogP contribution in [0.1, 0.15) is 29.2 Å². The second kappa shape index (κ2) is 6.84. The quantitative estimate of drug-likeness (QED) is 0.936. The minimum atomic E-state index is 0.319. The highest BCUT2D eigenvalue weighted by molar-refractivity contribution is 5.49. The Balaban J connectivity index is 1.96. The van der Waals surface area contributed by atoms with Crippen LogP contribution in [0.4, 0.5) is 0 Å². The fourth-order valence-electron chi connectivity index (χ4n) is 3.17. The minimum Gasteiger partial charge on any atom is -0.493 e. The molecule has 3 rings (SSSR count). The summed E-state index contributed by atoms with van der Waals surface area (Å²) in [4.78, 5) is 0. The van der Waals surface area contributed by atoms with Gasteiger partial charge in [-0.3, -0.25) is 0 Å². The lowest BCUT2D eigenvalue weighted by Gasteiger charge is -2.21. The van der Waals surface area contributed by atoms with Crippen LogP contribution in [0.25, 0.3) is 0 Å². The predicted molar refractivity (Wildman–Crippen MR) is 88.8 cm³/mol. The monoisotopic (exact) mass is 297 g/mol. The second-order valence-corrected chi connectivity index (χ2v) is 5.71. The van der Waals surface area contributed by atoms with E-state index in [1.165, 1.54) is 16.7 Å². The van der Waals surface area contributed by atoms with E-state index in [0.717, 1.165) is 37.3 Å². The molecule has 116 valence electrons. The molecule has 0 aromatic heterocycles. The van der Waals surface area contributed by atoms with Gasteiger partial charge in [-0.25, -0.2) is 0 Å². The summed E-state index contributed by atoms with van der Waals surface area (Å²) in [6.45, 7) is 1.04. The molecule has 0 radical (unpaired) electrons. The van der Waals surface area contributed by atoms with Crippen molar-refractivity contribution in [2.75, 3.05) is 20.8 Å². The zero-order valence-corrected chi connectivity index (χ0v) is 13.3. The summed E-state index contributed by atoms with van der Waals surface area (Å²) in [6.07, 6.45) is 3.21. The smallest absolute Gasteiger partial charge is 0.161 e. The third kappa shape index (κ3) is 3.09. The third-order valence-electron chi connectivity index (χ3n) is 4.32. The van der Waals surface area contributed by atoms with Crippen LogP contribution in [0.5, 0.6) is 11.5 Å². The highest BCUT2D eigenvalue weighted by atomic mass is 16.5. The van der Waals surface area contributed by atoms with Crippen LogP contribution >= 0.6 is 0 Å². The fraction of sp³-hybridized carbons (Fsp3) is 0.368. The van der Waals surface area contributed by atoms with Crippen molar-refractivity contribution in [3.05, 3.63) is 59.2 Å². The van der Waals surface area contributed by atoms with Gasteiger partial charge in [-0.15, -0.1) is 0 Å². The molecule has 0 amide bonds. The lowest BCUT2D eigenvalue weighted by molar-refractivity contribution is 0.353. The van der Waals surface area contributed by atoms with Gasteiger partial charge in [0.1, 0.15) is 0 Å². The molecule has 3 nitrogen and oxygen atoms in total. The molecular weight excluding hydrogens is 274 g/mol.